The van der Waals surface area contributed by atoms with Crippen molar-refractivity contribution >= 4 is 0 Å². The Hall–Kier alpha value is -2.70. The van der Waals surface area contributed by atoms with Crippen LogP contribution in [0.25, 0.3) is 11.3 Å². The van der Waals surface area contributed by atoms with Gasteiger partial charge in [-0.1, -0.05) is 5.21 Å². The number of methoxy groups -OCH3 is 1. The van der Waals surface area contributed by atoms with Crippen LogP contribution in [0.1, 0.15) is 12.0 Å². The molecule has 0 bridgehead atoms. The lowest BCUT2D eigenvalue weighted by Crippen LogP contribution is -2.00. The molecule has 0 unspecified atom stereocenters. The van der Waals surface area contributed by atoms with Crippen LogP contribution in [0.4, 0.5) is 4.39 Å². The molecule has 0 spiro atoms. The van der Waals surface area contributed by atoms with Crippen molar-refractivity contribution < 1.29 is 9.13 Å². The lowest BCUT2D eigenvalue weighted by molar-refractivity contribution is 0.411. The number of nitrogens with zero attached hydrogens (tertiary/aromatic N) is 5. The second-order valence-electron chi connectivity index (χ2n) is 5.34. The number of hydrogen-bond donors (Lipinski definition) is 0. The highest BCUT2D eigenvalue weighted by molar-refractivity contribution is 5.59. The number of aromatic nitrogens is 5. The molecular formula is C16H18FN5O. The molecule has 0 aliphatic rings. The minimum Gasteiger partial charge on any atom is -0.497 e. The Kier molecular flexibility index (Phi) is 4.36. The Labute approximate surface area is 133 Å². The van der Waals surface area contributed by atoms with E-state index in [-0.39, 0.29) is 5.82 Å². The molecule has 1 aromatic carbocycles. The Balaban J connectivity index is 1.63. The van der Waals surface area contributed by atoms with Crippen molar-refractivity contribution in [2.75, 3.05) is 7.11 Å². The molecule has 2 heterocycles. The second kappa shape index (κ2) is 6.60. The van der Waals surface area contributed by atoms with Crippen LogP contribution < -0.4 is 4.74 Å². The first-order valence-electron chi connectivity index (χ1n) is 7.37. The van der Waals surface area contributed by atoms with Gasteiger partial charge in [-0.15, -0.1) is 5.10 Å². The first-order chi connectivity index (χ1) is 11.2. The lowest BCUT2D eigenvalue weighted by atomic mass is 10.1. The molecule has 0 atom stereocenters. The topological polar surface area (TPSA) is 57.8 Å². The van der Waals surface area contributed by atoms with Crippen molar-refractivity contribution in [3.05, 3.63) is 48.2 Å². The summed E-state index contributed by atoms with van der Waals surface area (Å²) in [5, 5.41) is 12.2. The fourth-order valence-electron chi connectivity index (χ4n) is 2.41. The van der Waals surface area contributed by atoms with E-state index in [0.717, 1.165) is 19.4 Å². The minimum absolute atomic E-state index is 0.369. The summed E-state index contributed by atoms with van der Waals surface area (Å²) >= 11 is 0. The van der Waals surface area contributed by atoms with Gasteiger partial charge in [-0.05, 0) is 30.5 Å². The average Bonchev–Trinajstić information content (AvgIpc) is 3.16. The van der Waals surface area contributed by atoms with Crippen molar-refractivity contribution in [3.63, 3.8) is 0 Å². The molecule has 0 aliphatic carbocycles. The summed E-state index contributed by atoms with van der Waals surface area (Å²) in [4.78, 5) is 0. The third kappa shape index (κ3) is 3.56. The highest BCUT2D eigenvalue weighted by Gasteiger charge is 2.10. The van der Waals surface area contributed by atoms with Gasteiger partial charge in [0.15, 0.2) is 0 Å². The molecular weight excluding hydrogens is 297 g/mol. The van der Waals surface area contributed by atoms with Gasteiger partial charge in [0.25, 0.3) is 0 Å². The van der Waals surface area contributed by atoms with Crippen LogP contribution in [0.5, 0.6) is 5.75 Å². The summed E-state index contributed by atoms with van der Waals surface area (Å²) in [6, 6.07) is 4.70. The van der Waals surface area contributed by atoms with E-state index in [1.807, 2.05) is 19.4 Å². The fraction of sp³-hybridized carbons (Fsp3) is 0.312. The van der Waals surface area contributed by atoms with Gasteiger partial charge in [0, 0.05) is 31.4 Å². The monoisotopic (exact) mass is 315 g/mol. The Bertz CT molecular complexity index is 795. The van der Waals surface area contributed by atoms with Crippen molar-refractivity contribution in [1.29, 1.82) is 0 Å². The van der Waals surface area contributed by atoms with Crippen LogP contribution in [0.15, 0.2) is 36.8 Å². The maximum Gasteiger partial charge on any atom is 0.136 e. The Morgan fingerprint density at radius 1 is 1.26 bits per heavy atom. The molecule has 2 aromatic heterocycles. The summed E-state index contributed by atoms with van der Waals surface area (Å²) < 4.78 is 22.6. The molecule has 3 rings (SSSR count). The van der Waals surface area contributed by atoms with Crippen molar-refractivity contribution in [2.24, 2.45) is 7.05 Å². The molecule has 7 heteroatoms. The van der Waals surface area contributed by atoms with E-state index >= 15 is 0 Å². The van der Waals surface area contributed by atoms with E-state index in [4.69, 9.17) is 4.74 Å². The maximum absolute atomic E-state index is 14.0. The molecule has 0 fully saturated rings. The third-order valence-corrected chi connectivity index (χ3v) is 3.60. The largest absolute Gasteiger partial charge is 0.497 e. The summed E-state index contributed by atoms with van der Waals surface area (Å²) in [5.74, 6) is 0.113. The Morgan fingerprint density at radius 3 is 2.83 bits per heavy atom. The molecule has 0 aliphatic heterocycles. The van der Waals surface area contributed by atoms with Crippen molar-refractivity contribution in [2.45, 2.75) is 19.4 Å². The summed E-state index contributed by atoms with van der Waals surface area (Å²) in [7, 11) is 3.41. The van der Waals surface area contributed by atoms with Crippen LogP contribution in [0.3, 0.4) is 0 Å². The predicted molar refractivity (Wildman–Crippen MR) is 83.5 cm³/mol. The maximum atomic E-state index is 14.0. The smallest absolute Gasteiger partial charge is 0.136 e. The first kappa shape index (κ1) is 15.2. The normalized spacial score (nSPS) is 10.9. The molecule has 0 radical (unpaired) electrons. The number of ether oxygens (including phenoxy) is 1. The zero-order chi connectivity index (χ0) is 16.2. The summed E-state index contributed by atoms with van der Waals surface area (Å²) in [6.45, 7) is 0.722. The fourth-order valence-corrected chi connectivity index (χ4v) is 2.41. The van der Waals surface area contributed by atoms with Crippen LogP contribution in [-0.4, -0.2) is 31.9 Å². The SMILES string of the molecule is COc1ccc(-c2cn(CCCc3cnn(C)c3)nn2)c(F)c1. The number of rotatable bonds is 6. The Morgan fingerprint density at radius 2 is 2.13 bits per heavy atom. The number of hydrogen-bond acceptors (Lipinski definition) is 4. The van der Waals surface area contributed by atoms with E-state index in [2.05, 4.69) is 15.4 Å². The van der Waals surface area contributed by atoms with Crippen LogP contribution >= 0.6 is 0 Å². The molecule has 0 saturated carbocycles. The van der Waals surface area contributed by atoms with Gasteiger partial charge >= 0.3 is 0 Å². The van der Waals surface area contributed by atoms with Crippen molar-refractivity contribution in [3.8, 4) is 17.0 Å². The van der Waals surface area contributed by atoms with Crippen molar-refractivity contribution in [1.82, 2.24) is 24.8 Å². The number of halogens is 1. The third-order valence-electron chi connectivity index (χ3n) is 3.60. The quantitative estimate of drug-likeness (QED) is 0.701. The highest BCUT2D eigenvalue weighted by Crippen LogP contribution is 2.24. The van der Waals surface area contributed by atoms with Crippen LogP contribution in [-0.2, 0) is 20.0 Å². The molecule has 0 amide bonds. The second-order valence-corrected chi connectivity index (χ2v) is 5.34. The first-order valence-corrected chi connectivity index (χ1v) is 7.37. The average molecular weight is 315 g/mol. The zero-order valence-electron chi connectivity index (χ0n) is 13.1. The van der Waals surface area contributed by atoms with Gasteiger partial charge < -0.3 is 4.74 Å². The standard InChI is InChI=1S/C16H18FN5O/c1-21-10-12(9-18-21)4-3-7-22-11-16(19-20-22)14-6-5-13(23-2)8-15(14)17/h5-6,8-11H,3-4,7H2,1-2H3. The minimum atomic E-state index is -0.369. The van der Waals surface area contributed by atoms with Gasteiger partial charge in [0.05, 0.1) is 19.5 Å². The van der Waals surface area contributed by atoms with Gasteiger partial charge in [0.2, 0.25) is 0 Å². The lowest BCUT2D eigenvalue weighted by Gasteiger charge is -2.02. The van der Waals surface area contributed by atoms with Gasteiger partial charge in [-0.3, -0.25) is 9.36 Å². The number of aryl methyl sites for hydroxylation is 3. The summed E-state index contributed by atoms with van der Waals surface area (Å²) in [6.07, 6.45) is 7.45. The van der Waals surface area contributed by atoms with E-state index in [1.54, 1.807) is 27.7 Å². The van der Waals surface area contributed by atoms with Gasteiger partial charge in [0.1, 0.15) is 17.3 Å². The molecule has 6 nitrogen and oxygen atoms in total. The van der Waals surface area contributed by atoms with Crippen LogP contribution in [0.2, 0.25) is 0 Å². The molecule has 23 heavy (non-hydrogen) atoms. The number of benzene rings is 1. The van der Waals surface area contributed by atoms with E-state index in [1.165, 1.54) is 18.7 Å². The molecule has 120 valence electrons. The molecule has 0 saturated heterocycles. The van der Waals surface area contributed by atoms with Crippen LogP contribution in [0, 0.1) is 5.82 Å². The summed E-state index contributed by atoms with van der Waals surface area (Å²) in [5.41, 5.74) is 2.13. The molecule has 3 aromatic rings. The highest BCUT2D eigenvalue weighted by atomic mass is 19.1. The molecule has 0 N–H and O–H groups in total. The predicted octanol–water partition coefficient (Wildman–Crippen LogP) is 2.46. The van der Waals surface area contributed by atoms with E-state index in [0.29, 0.717) is 17.0 Å². The van der Waals surface area contributed by atoms with Gasteiger partial charge in [-0.2, -0.15) is 5.10 Å². The van der Waals surface area contributed by atoms with E-state index < -0.39 is 0 Å². The zero-order valence-corrected chi connectivity index (χ0v) is 13.1. The van der Waals surface area contributed by atoms with E-state index in [9.17, 15) is 4.39 Å². The van der Waals surface area contributed by atoms with Gasteiger partial charge in [-0.25, -0.2) is 4.39 Å².